The smallest absolute Gasteiger partial charge is 0.288 e. The fourth-order valence-electron chi connectivity index (χ4n) is 2.24. The monoisotopic (exact) mass is 365 g/mol. The van der Waals surface area contributed by atoms with Crippen molar-refractivity contribution in [2.45, 2.75) is 13.1 Å². The summed E-state index contributed by atoms with van der Waals surface area (Å²) in [5.41, 5.74) is 3.24. The first-order chi connectivity index (χ1) is 12.2. The minimum Gasteiger partial charge on any atom is -0.288 e. The summed E-state index contributed by atoms with van der Waals surface area (Å²) in [6, 6.07) is 8.87. The maximum Gasteiger partial charge on any atom is 0.417 e. The molecule has 136 valence electrons. The van der Waals surface area contributed by atoms with Gasteiger partial charge in [0.1, 0.15) is 0 Å². The Kier molecular flexibility index (Phi) is 5.73. The van der Waals surface area contributed by atoms with Gasteiger partial charge in [-0.15, -0.1) is 0 Å². The third kappa shape index (κ3) is 4.45. The van der Waals surface area contributed by atoms with E-state index in [0.717, 1.165) is 12.1 Å². The van der Waals surface area contributed by atoms with E-state index in [1.165, 1.54) is 36.0 Å². The van der Waals surface area contributed by atoms with Crippen LogP contribution < -0.4 is 10.9 Å². The molecule has 2 rings (SSSR count). The van der Waals surface area contributed by atoms with E-state index in [1.807, 2.05) is 5.43 Å². The van der Waals surface area contributed by atoms with Crippen LogP contribution in [0.15, 0.2) is 47.6 Å². The zero-order valence-corrected chi connectivity index (χ0v) is 13.5. The quantitative estimate of drug-likeness (QED) is 0.442. The number of carbonyl (C=O) groups is 2. The number of hydrogen-bond acceptors (Lipinski definition) is 4. The van der Waals surface area contributed by atoms with Crippen LogP contribution in [0, 0.1) is 6.92 Å². The molecule has 9 heteroatoms. The molecular weight excluding hydrogens is 351 g/mol. The van der Waals surface area contributed by atoms with Crippen LogP contribution >= 0.6 is 0 Å². The molecule has 2 aromatic carbocycles. The van der Waals surface area contributed by atoms with Crippen molar-refractivity contribution in [2.75, 3.05) is 0 Å². The lowest BCUT2D eigenvalue weighted by molar-refractivity contribution is -0.137. The van der Waals surface area contributed by atoms with Crippen LogP contribution in [0.5, 0.6) is 0 Å². The molecule has 0 radical (unpaired) electrons. The van der Waals surface area contributed by atoms with E-state index in [-0.39, 0.29) is 5.56 Å². The summed E-state index contributed by atoms with van der Waals surface area (Å²) >= 11 is 0. The molecule has 0 spiro atoms. The van der Waals surface area contributed by atoms with E-state index in [0.29, 0.717) is 11.1 Å². The summed E-state index contributed by atoms with van der Waals surface area (Å²) in [7, 11) is 0. The highest BCUT2D eigenvalue weighted by molar-refractivity contribution is 5.97. The van der Waals surface area contributed by atoms with Gasteiger partial charge in [0.05, 0.1) is 17.3 Å². The molecule has 0 unspecified atom stereocenters. The third-order valence-electron chi connectivity index (χ3n) is 3.45. The number of hydrazone groups is 1. The van der Waals surface area contributed by atoms with E-state index in [9.17, 15) is 22.8 Å². The average Bonchev–Trinajstić information content (AvgIpc) is 2.60. The van der Waals surface area contributed by atoms with Gasteiger partial charge in [-0.25, -0.2) is 10.9 Å². The second-order valence-electron chi connectivity index (χ2n) is 5.26. The van der Waals surface area contributed by atoms with Crippen molar-refractivity contribution in [2.24, 2.45) is 5.10 Å². The Morgan fingerprint density at radius 1 is 1.08 bits per heavy atom. The van der Waals surface area contributed by atoms with Crippen molar-refractivity contribution in [3.63, 3.8) is 0 Å². The molecule has 6 nitrogen and oxygen atoms in total. The number of nitrogens with one attached hydrogen (secondary N) is 2. The molecular formula is C17H14F3N3O3. The maximum atomic E-state index is 12.9. The van der Waals surface area contributed by atoms with Gasteiger partial charge in [0, 0.05) is 5.56 Å². The molecule has 0 atom stereocenters. The third-order valence-corrected chi connectivity index (χ3v) is 3.45. The minimum atomic E-state index is -4.65. The number of aryl methyl sites for hydroxylation is 1. The number of carbonyl (C=O) groups excluding carboxylic acids is 2. The van der Waals surface area contributed by atoms with Crippen LogP contribution in [0.2, 0.25) is 0 Å². The lowest BCUT2D eigenvalue weighted by Crippen LogP contribution is -2.22. The van der Waals surface area contributed by atoms with Gasteiger partial charge in [0.25, 0.3) is 11.8 Å². The van der Waals surface area contributed by atoms with Crippen LogP contribution in [0.25, 0.3) is 0 Å². The van der Waals surface area contributed by atoms with E-state index in [2.05, 4.69) is 5.10 Å². The van der Waals surface area contributed by atoms with Gasteiger partial charge in [-0.1, -0.05) is 18.2 Å². The highest BCUT2D eigenvalue weighted by Gasteiger charge is 2.34. The highest BCUT2D eigenvalue weighted by Crippen LogP contribution is 2.31. The zero-order valence-electron chi connectivity index (χ0n) is 13.5. The minimum absolute atomic E-state index is 0.243. The Labute approximate surface area is 146 Å². The molecule has 0 aliphatic carbocycles. The van der Waals surface area contributed by atoms with Crippen molar-refractivity contribution in [3.8, 4) is 0 Å². The van der Waals surface area contributed by atoms with Crippen molar-refractivity contribution < 1.29 is 28.0 Å². The Hall–Kier alpha value is -3.20. The Balaban J connectivity index is 2.13. The molecule has 0 aromatic heterocycles. The number of benzene rings is 2. The largest absolute Gasteiger partial charge is 0.417 e. The van der Waals surface area contributed by atoms with Crippen LogP contribution in [0.4, 0.5) is 13.2 Å². The summed E-state index contributed by atoms with van der Waals surface area (Å²) in [5, 5.41) is 12.3. The molecule has 3 N–H and O–H groups in total. The lowest BCUT2D eigenvalue weighted by Gasteiger charge is -2.11. The van der Waals surface area contributed by atoms with Gasteiger partial charge >= 0.3 is 6.18 Å². The number of halogens is 3. The van der Waals surface area contributed by atoms with Gasteiger partial charge in [-0.2, -0.15) is 18.3 Å². The number of alkyl halides is 3. The number of rotatable bonds is 4. The number of nitrogens with zero attached hydrogens (tertiary/aromatic N) is 1. The molecule has 0 aliphatic rings. The average molecular weight is 365 g/mol. The highest BCUT2D eigenvalue weighted by atomic mass is 19.4. The van der Waals surface area contributed by atoms with E-state index < -0.39 is 29.1 Å². The summed E-state index contributed by atoms with van der Waals surface area (Å²) in [5.74, 6) is -1.68. The van der Waals surface area contributed by atoms with Gasteiger partial charge in [-0.05, 0) is 42.3 Å². The van der Waals surface area contributed by atoms with Gasteiger partial charge in [0.2, 0.25) is 0 Å². The Morgan fingerprint density at radius 3 is 2.38 bits per heavy atom. The fourth-order valence-corrected chi connectivity index (χ4v) is 2.24. The number of amides is 2. The number of hydroxylamine groups is 1. The van der Waals surface area contributed by atoms with Crippen LogP contribution in [-0.4, -0.2) is 23.2 Å². The van der Waals surface area contributed by atoms with Crippen molar-refractivity contribution in [3.05, 3.63) is 70.3 Å². The second kappa shape index (κ2) is 7.79. The molecule has 0 aliphatic heterocycles. The first kappa shape index (κ1) is 19.1. The van der Waals surface area contributed by atoms with Gasteiger partial charge in [-0.3, -0.25) is 14.8 Å². The Bertz CT molecular complexity index is 864. The molecule has 0 bridgehead atoms. The van der Waals surface area contributed by atoms with E-state index in [1.54, 1.807) is 13.0 Å². The van der Waals surface area contributed by atoms with E-state index in [4.69, 9.17) is 5.21 Å². The molecule has 2 aromatic rings. The molecule has 0 saturated carbocycles. The summed E-state index contributed by atoms with van der Waals surface area (Å²) in [6.45, 7) is 1.63. The molecule has 0 heterocycles. The summed E-state index contributed by atoms with van der Waals surface area (Å²) in [4.78, 5) is 23.3. The second-order valence-corrected chi connectivity index (χ2v) is 5.26. The molecule has 0 saturated heterocycles. The van der Waals surface area contributed by atoms with Crippen LogP contribution in [0.1, 0.15) is 37.4 Å². The molecule has 26 heavy (non-hydrogen) atoms. The van der Waals surface area contributed by atoms with Crippen LogP contribution in [0.3, 0.4) is 0 Å². The zero-order chi connectivity index (χ0) is 19.3. The number of hydrogen-bond donors (Lipinski definition) is 3. The SMILES string of the molecule is Cc1cc(/C=N/NC(=O)c2ccccc2C(F)(F)F)ccc1C(=O)NO. The van der Waals surface area contributed by atoms with Crippen LogP contribution in [-0.2, 0) is 6.18 Å². The fraction of sp³-hybridized carbons (Fsp3) is 0.118. The predicted molar refractivity (Wildman–Crippen MR) is 86.9 cm³/mol. The Morgan fingerprint density at radius 2 is 1.77 bits per heavy atom. The van der Waals surface area contributed by atoms with Crippen molar-refractivity contribution in [1.29, 1.82) is 0 Å². The lowest BCUT2D eigenvalue weighted by atomic mass is 10.1. The van der Waals surface area contributed by atoms with Gasteiger partial charge < -0.3 is 0 Å². The first-order valence-electron chi connectivity index (χ1n) is 7.28. The summed E-state index contributed by atoms with van der Waals surface area (Å²) in [6.07, 6.45) is -3.43. The van der Waals surface area contributed by atoms with Crippen molar-refractivity contribution in [1.82, 2.24) is 10.9 Å². The van der Waals surface area contributed by atoms with E-state index >= 15 is 0 Å². The molecule has 0 fully saturated rings. The summed E-state index contributed by atoms with van der Waals surface area (Å²) < 4.78 is 38.7. The maximum absolute atomic E-state index is 12.9. The first-order valence-corrected chi connectivity index (χ1v) is 7.28. The standard InChI is InChI=1S/C17H14F3N3O3/c1-10-8-11(6-7-12(10)16(25)23-26)9-21-22-15(24)13-4-2-3-5-14(13)17(18,19)20/h2-9,26H,1H3,(H,22,24)(H,23,25)/b21-9+. The molecule has 2 amide bonds. The normalized spacial score (nSPS) is 11.4. The predicted octanol–water partition coefficient (Wildman–Crippen LogP) is 2.90. The van der Waals surface area contributed by atoms with Gasteiger partial charge in [0.15, 0.2) is 0 Å². The van der Waals surface area contributed by atoms with Crippen molar-refractivity contribution >= 4 is 18.0 Å². The topological polar surface area (TPSA) is 90.8 Å².